The normalized spacial score (nSPS) is 12.9. The first-order chi connectivity index (χ1) is 15.3. The Morgan fingerprint density at radius 3 is 2.41 bits per heavy atom. The van der Waals surface area contributed by atoms with Crippen molar-refractivity contribution in [2.75, 3.05) is 11.9 Å². The first-order valence-electron chi connectivity index (χ1n) is 10.0. The van der Waals surface area contributed by atoms with Gasteiger partial charge in [0.15, 0.2) is 5.13 Å². The molecule has 164 valence electrons. The van der Waals surface area contributed by atoms with Gasteiger partial charge in [-0.05, 0) is 56.5 Å². The van der Waals surface area contributed by atoms with Crippen LogP contribution in [0.5, 0.6) is 0 Å². The fraction of sp³-hybridized carbons (Fsp3) is 0.217. The highest BCUT2D eigenvalue weighted by Gasteiger charge is 2.34. The van der Waals surface area contributed by atoms with Gasteiger partial charge in [-0.2, -0.15) is 0 Å². The maximum absolute atomic E-state index is 12.5. The van der Waals surface area contributed by atoms with E-state index in [-0.39, 0.29) is 22.7 Å². The summed E-state index contributed by atoms with van der Waals surface area (Å²) in [5.41, 5.74) is 2.11. The summed E-state index contributed by atoms with van der Waals surface area (Å²) in [6.45, 7) is 2.27. The van der Waals surface area contributed by atoms with Gasteiger partial charge in [-0.3, -0.25) is 24.6 Å². The third-order valence-corrected chi connectivity index (χ3v) is 6.88. The third-order valence-electron chi connectivity index (χ3n) is 5.20. The van der Waals surface area contributed by atoms with Crippen LogP contribution in [0.15, 0.2) is 42.5 Å². The number of anilines is 1. The number of carbonyl (C=O) groups excluding carboxylic acids is 3. The molecule has 0 fully saturated rings. The van der Waals surface area contributed by atoms with Gasteiger partial charge in [0.1, 0.15) is 0 Å². The molecule has 0 radical (unpaired) electrons. The van der Waals surface area contributed by atoms with Crippen LogP contribution < -0.4 is 5.32 Å². The molecule has 0 atom stereocenters. The number of carbonyl (C=O) groups is 3. The fourth-order valence-electron chi connectivity index (χ4n) is 3.55. The number of amides is 3. The Morgan fingerprint density at radius 1 is 1.06 bits per heavy atom. The number of benzene rings is 2. The monoisotopic (exact) mass is 487 g/mol. The van der Waals surface area contributed by atoms with Crippen molar-refractivity contribution in [2.45, 2.75) is 26.2 Å². The second-order valence-electron chi connectivity index (χ2n) is 7.37. The minimum atomic E-state index is -0.349. The molecule has 0 bridgehead atoms. The first kappa shape index (κ1) is 22.5. The number of hydrogen-bond donors (Lipinski definition) is 1. The van der Waals surface area contributed by atoms with Gasteiger partial charge >= 0.3 is 0 Å². The molecule has 6 nitrogen and oxygen atoms in total. The molecule has 0 saturated heterocycles. The highest BCUT2D eigenvalue weighted by molar-refractivity contribution is 7.15. The summed E-state index contributed by atoms with van der Waals surface area (Å²) in [4.78, 5) is 44.1. The molecule has 32 heavy (non-hydrogen) atoms. The summed E-state index contributed by atoms with van der Waals surface area (Å²) in [5.74, 6) is -0.812. The van der Waals surface area contributed by atoms with Gasteiger partial charge in [0.05, 0.1) is 27.4 Å². The van der Waals surface area contributed by atoms with Crippen LogP contribution in [0.25, 0.3) is 0 Å². The Balaban J connectivity index is 1.31. The molecule has 1 N–H and O–H groups in total. The molecule has 0 saturated carbocycles. The number of imide groups is 1. The molecule has 1 aliphatic heterocycles. The van der Waals surface area contributed by atoms with Crippen LogP contribution in [0, 0.1) is 6.92 Å². The molecule has 0 spiro atoms. The number of fused-ring (bicyclic) bond motifs is 1. The molecule has 0 aliphatic carbocycles. The minimum absolute atomic E-state index is 0.231. The van der Waals surface area contributed by atoms with Crippen molar-refractivity contribution in [3.63, 3.8) is 0 Å². The lowest BCUT2D eigenvalue weighted by Gasteiger charge is -2.13. The van der Waals surface area contributed by atoms with E-state index in [9.17, 15) is 14.4 Å². The summed E-state index contributed by atoms with van der Waals surface area (Å²) in [7, 11) is 0. The Kier molecular flexibility index (Phi) is 6.60. The Hall–Kier alpha value is -2.74. The summed E-state index contributed by atoms with van der Waals surface area (Å²) >= 11 is 13.4. The second kappa shape index (κ2) is 9.40. The molecule has 1 aromatic heterocycles. The van der Waals surface area contributed by atoms with Crippen molar-refractivity contribution in [2.24, 2.45) is 0 Å². The van der Waals surface area contributed by atoms with Crippen molar-refractivity contribution in [1.82, 2.24) is 9.88 Å². The Labute approximate surface area is 199 Å². The first-order valence-corrected chi connectivity index (χ1v) is 11.6. The van der Waals surface area contributed by atoms with Crippen molar-refractivity contribution in [3.8, 4) is 0 Å². The predicted molar refractivity (Wildman–Crippen MR) is 126 cm³/mol. The molecule has 2 aromatic carbocycles. The average molecular weight is 488 g/mol. The maximum atomic E-state index is 12.5. The second-order valence-corrected chi connectivity index (χ2v) is 9.30. The van der Waals surface area contributed by atoms with Crippen LogP contribution in [0.1, 0.15) is 54.5 Å². The van der Waals surface area contributed by atoms with E-state index in [4.69, 9.17) is 23.2 Å². The van der Waals surface area contributed by atoms with E-state index < -0.39 is 0 Å². The van der Waals surface area contributed by atoms with Gasteiger partial charge < -0.3 is 0 Å². The third kappa shape index (κ3) is 4.55. The fourth-order valence-corrected chi connectivity index (χ4v) is 5.04. The number of hydrogen-bond acceptors (Lipinski definition) is 5. The summed E-state index contributed by atoms with van der Waals surface area (Å²) < 4.78 is 0. The lowest BCUT2D eigenvalue weighted by atomic mass is 10.1. The minimum Gasteiger partial charge on any atom is -0.298 e. The zero-order chi connectivity index (χ0) is 22.8. The number of rotatable bonds is 7. The molecule has 2 heterocycles. The molecule has 1 aliphatic rings. The van der Waals surface area contributed by atoms with Gasteiger partial charge in [0.25, 0.3) is 17.7 Å². The summed E-state index contributed by atoms with van der Waals surface area (Å²) in [6, 6.07) is 11.6. The van der Waals surface area contributed by atoms with Gasteiger partial charge in [-0.25, -0.2) is 4.98 Å². The van der Waals surface area contributed by atoms with Gasteiger partial charge in [-0.1, -0.05) is 35.3 Å². The van der Waals surface area contributed by atoms with Crippen LogP contribution in [-0.2, 0) is 6.42 Å². The van der Waals surface area contributed by atoms with E-state index in [1.54, 1.807) is 36.4 Å². The lowest BCUT2D eigenvalue weighted by Crippen LogP contribution is -2.30. The Bertz CT molecular complexity index is 1190. The lowest BCUT2D eigenvalue weighted by molar-refractivity contribution is 0.0651. The number of nitrogens with one attached hydrogen (secondary N) is 1. The van der Waals surface area contributed by atoms with Crippen LogP contribution in [-0.4, -0.2) is 34.2 Å². The molecular formula is C23H19Cl2N3O3S. The van der Waals surface area contributed by atoms with E-state index in [1.807, 2.05) is 6.92 Å². The highest BCUT2D eigenvalue weighted by Crippen LogP contribution is 2.27. The molecule has 3 amide bonds. The molecule has 3 aromatic rings. The molecule has 4 rings (SSSR count). The zero-order valence-corrected chi connectivity index (χ0v) is 19.5. The SMILES string of the molecule is Cc1nc(NC(=O)c2ccc(Cl)cc2Cl)sc1CCCCN1C(=O)c2ccccc2C1=O. The number of aromatic nitrogens is 1. The molecule has 0 unspecified atom stereocenters. The molecule has 9 heteroatoms. The van der Waals surface area contributed by atoms with Crippen molar-refractivity contribution < 1.29 is 14.4 Å². The average Bonchev–Trinajstić information content (AvgIpc) is 3.22. The Morgan fingerprint density at radius 2 is 1.75 bits per heavy atom. The number of nitrogens with zero attached hydrogens (tertiary/aromatic N) is 2. The van der Waals surface area contributed by atoms with Crippen LogP contribution in [0.2, 0.25) is 10.0 Å². The van der Waals surface area contributed by atoms with E-state index >= 15 is 0 Å². The van der Waals surface area contributed by atoms with E-state index in [1.165, 1.54) is 22.3 Å². The zero-order valence-electron chi connectivity index (χ0n) is 17.2. The number of halogens is 2. The van der Waals surface area contributed by atoms with E-state index in [0.717, 1.165) is 23.4 Å². The van der Waals surface area contributed by atoms with Gasteiger partial charge in [0, 0.05) is 16.4 Å². The predicted octanol–water partition coefficient (Wildman–Crippen LogP) is 5.63. The number of aryl methyl sites for hydroxylation is 2. The van der Waals surface area contributed by atoms with Gasteiger partial charge in [0.2, 0.25) is 0 Å². The number of unbranched alkanes of at least 4 members (excludes halogenated alkanes) is 1. The van der Waals surface area contributed by atoms with Crippen molar-refractivity contribution in [1.29, 1.82) is 0 Å². The smallest absolute Gasteiger partial charge is 0.261 e. The maximum Gasteiger partial charge on any atom is 0.261 e. The standard InChI is InChI=1S/C23H19Cl2N3O3S/c1-13-19(32-23(26-13)27-20(29)17-10-9-14(24)12-18(17)25)8-4-5-11-28-21(30)15-6-2-3-7-16(15)22(28)31/h2-3,6-7,9-10,12H,4-5,8,11H2,1H3,(H,26,27,29). The highest BCUT2D eigenvalue weighted by atomic mass is 35.5. The summed E-state index contributed by atoms with van der Waals surface area (Å²) in [5, 5.41) is 4.01. The summed E-state index contributed by atoms with van der Waals surface area (Å²) in [6.07, 6.45) is 2.21. The number of thiazole rings is 1. The van der Waals surface area contributed by atoms with Crippen LogP contribution in [0.3, 0.4) is 0 Å². The van der Waals surface area contributed by atoms with Gasteiger partial charge in [-0.15, -0.1) is 11.3 Å². The quantitative estimate of drug-likeness (QED) is 0.345. The van der Waals surface area contributed by atoms with E-state index in [0.29, 0.717) is 39.8 Å². The van der Waals surface area contributed by atoms with Crippen molar-refractivity contribution in [3.05, 3.63) is 79.8 Å². The molecular weight excluding hydrogens is 469 g/mol. The largest absolute Gasteiger partial charge is 0.298 e. The van der Waals surface area contributed by atoms with Crippen LogP contribution in [0.4, 0.5) is 5.13 Å². The van der Waals surface area contributed by atoms with Crippen molar-refractivity contribution >= 4 is 57.4 Å². The van der Waals surface area contributed by atoms with E-state index in [2.05, 4.69) is 10.3 Å². The topological polar surface area (TPSA) is 79.4 Å². The van der Waals surface area contributed by atoms with Crippen LogP contribution >= 0.6 is 34.5 Å².